The zero-order valence-electron chi connectivity index (χ0n) is 13.7. The summed E-state index contributed by atoms with van der Waals surface area (Å²) < 4.78 is 27.6. The van der Waals surface area contributed by atoms with Crippen molar-refractivity contribution in [2.45, 2.75) is 19.6 Å². The predicted molar refractivity (Wildman–Crippen MR) is 85.9 cm³/mol. The van der Waals surface area contributed by atoms with Gasteiger partial charge in [-0.15, -0.1) is 5.10 Å². The summed E-state index contributed by atoms with van der Waals surface area (Å²) in [5.41, 5.74) is 0.0188. The highest BCUT2D eigenvalue weighted by Crippen LogP contribution is 2.11. The van der Waals surface area contributed by atoms with Crippen LogP contribution in [0.5, 0.6) is 0 Å². The Labute approximate surface area is 143 Å². The molecule has 1 aliphatic rings. The molecule has 0 aromatic carbocycles. The summed E-state index contributed by atoms with van der Waals surface area (Å²) in [4.78, 5) is 34.3. The van der Waals surface area contributed by atoms with Gasteiger partial charge in [0.15, 0.2) is 0 Å². The van der Waals surface area contributed by atoms with Crippen molar-refractivity contribution in [1.82, 2.24) is 33.9 Å². The number of amides is 1. The molecule has 3 rings (SSSR count). The van der Waals surface area contributed by atoms with Gasteiger partial charge in [-0.1, -0.05) is 0 Å². The van der Waals surface area contributed by atoms with Gasteiger partial charge in [0.1, 0.15) is 12.2 Å². The Hall–Kier alpha value is -2.60. The standard InChI is InChI=1S/C13H17N7O4S/c1-18-8-14-12(17-18)13(22)19-3-4-20-10(7-19)16-9(5-11(20)21)6-15-25(2,23)24/h5,8,15H,3-4,6-7H2,1-2H3. The monoisotopic (exact) mass is 367 g/mol. The number of carbonyl (C=O) groups excluding carboxylic acids is 1. The lowest BCUT2D eigenvalue weighted by Gasteiger charge is -2.28. The summed E-state index contributed by atoms with van der Waals surface area (Å²) >= 11 is 0. The Morgan fingerprint density at radius 1 is 1.36 bits per heavy atom. The molecule has 2 aromatic heterocycles. The van der Waals surface area contributed by atoms with E-state index in [1.165, 1.54) is 26.5 Å². The first-order chi connectivity index (χ1) is 11.7. The van der Waals surface area contributed by atoms with Crippen LogP contribution in [0.2, 0.25) is 0 Å². The second kappa shape index (κ2) is 6.37. The third-order valence-electron chi connectivity index (χ3n) is 3.66. The van der Waals surface area contributed by atoms with Crippen LogP contribution in [0.3, 0.4) is 0 Å². The van der Waals surface area contributed by atoms with Crippen molar-refractivity contribution < 1.29 is 13.2 Å². The largest absolute Gasteiger partial charge is 0.327 e. The second-order valence-electron chi connectivity index (χ2n) is 5.72. The molecule has 0 saturated carbocycles. The van der Waals surface area contributed by atoms with Crippen molar-refractivity contribution in [2.75, 3.05) is 12.8 Å². The maximum absolute atomic E-state index is 12.4. The first-order valence-electron chi connectivity index (χ1n) is 7.42. The molecule has 0 bridgehead atoms. The van der Waals surface area contributed by atoms with E-state index in [4.69, 9.17) is 0 Å². The molecule has 11 nitrogen and oxygen atoms in total. The van der Waals surface area contributed by atoms with Crippen LogP contribution in [0.15, 0.2) is 17.2 Å². The Morgan fingerprint density at radius 3 is 2.76 bits per heavy atom. The fourth-order valence-corrected chi connectivity index (χ4v) is 2.89. The molecule has 12 heteroatoms. The molecule has 134 valence electrons. The van der Waals surface area contributed by atoms with Crippen LogP contribution in [0, 0.1) is 0 Å². The van der Waals surface area contributed by atoms with Crippen LogP contribution >= 0.6 is 0 Å². The molecule has 1 amide bonds. The highest BCUT2D eigenvalue weighted by atomic mass is 32.2. The van der Waals surface area contributed by atoms with Gasteiger partial charge in [-0.25, -0.2) is 23.1 Å². The van der Waals surface area contributed by atoms with Gasteiger partial charge in [0, 0.05) is 26.2 Å². The Morgan fingerprint density at radius 2 is 2.12 bits per heavy atom. The summed E-state index contributed by atoms with van der Waals surface area (Å²) in [7, 11) is -1.73. The fraction of sp³-hybridized carbons (Fsp3) is 0.462. The lowest BCUT2D eigenvalue weighted by molar-refractivity contribution is 0.0690. The number of sulfonamides is 1. The van der Waals surface area contributed by atoms with Crippen molar-refractivity contribution in [3.8, 4) is 0 Å². The number of fused-ring (bicyclic) bond motifs is 1. The molecule has 3 heterocycles. The highest BCUT2D eigenvalue weighted by molar-refractivity contribution is 7.88. The van der Waals surface area contributed by atoms with E-state index in [2.05, 4.69) is 19.8 Å². The van der Waals surface area contributed by atoms with Gasteiger partial charge < -0.3 is 4.90 Å². The van der Waals surface area contributed by atoms with Crippen LogP contribution in [-0.4, -0.2) is 56.3 Å². The van der Waals surface area contributed by atoms with Gasteiger partial charge in [0.25, 0.3) is 11.5 Å². The van der Waals surface area contributed by atoms with Gasteiger partial charge in [-0.05, 0) is 0 Å². The number of hydrogen-bond donors (Lipinski definition) is 1. The van der Waals surface area contributed by atoms with E-state index in [0.29, 0.717) is 24.6 Å². The lowest BCUT2D eigenvalue weighted by Crippen LogP contribution is -2.43. The smallest absolute Gasteiger partial charge is 0.293 e. The van der Waals surface area contributed by atoms with Crippen molar-refractivity contribution in [2.24, 2.45) is 7.05 Å². The lowest BCUT2D eigenvalue weighted by atomic mass is 10.3. The van der Waals surface area contributed by atoms with E-state index in [-0.39, 0.29) is 30.4 Å². The summed E-state index contributed by atoms with van der Waals surface area (Å²) in [6.07, 6.45) is 2.46. The van der Waals surface area contributed by atoms with Gasteiger partial charge in [-0.3, -0.25) is 18.8 Å². The number of aryl methyl sites for hydroxylation is 1. The minimum atomic E-state index is -3.40. The molecular weight excluding hydrogens is 350 g/mol. The molecule has 0 saturated heterocycles. The molecule has 0 radical (unpaired) electrons. The van der Waals surface area contributed by atoms with Crippen LogP contribution < -0.4 is 10.3 Å². The fourth-order valence-electron chi connectivity index (χ4n) is 2.48. The van der Waals surface area contributed by atoms with Crippen molar-refractivity contribution in [3.05, 3.63) is 40.1 Å². The van der Waals surface area contributed by atoms with E-state index in [9.17, 15) is 18.0 Å². The van der Waals surface area contributed by atoms with Crippen LogP contribution in [0.4, 0.5) is 0 Å². The molecule has 2 aromatic rings. The van der Waals surface area contributed by atoms with Crippen LogP contribution in [-0.2, 0) is 36.7 Å². The first kappa shape index (κ1) is 17.2. The summed E-state index contributed by atoms with van der Waals surface area (Å²) in [6, 6.07) is 1.29. The van der Waals surface area contributed by atoms with E-state index in [1.54, 1.807) is 7.05 Å². The van der Waals surface area contributed by atoms with Crippen molar-refractivity contribution in [3.63, 3.8) is 0 Å². The highest BCUT2D eigenvalue weighted by Gasteiger charge is 2.26. The van der Waals surface area contributed by atoms with E-state index >= 15 is 0 Å². The topological polar surface area (TPSA) is 132 Å². The average molecular weight is 367 g/mol. The molecule has 0 atom stereocenters. The quantitative estimate of drug-likeness (QED) is 0.666. The molecule has 0 spiro atoms. The van der Waals surface area contributed by atoms with Crippen molar-refractivity contribution in [1.29, 1.82) is 0 Å². The average Bonchev–Trinajstić information content (AvgIpc) is 2.97. The third-order valence-corrected chi connectivity index (χ3v) is 4.33. The molecule has 0 unspecified atom stereocenters. The summed E-state index contributed by atoms with van der Waals surface area (Å²) in [5.74, 6) is 0.127. The predicted octanol–water partition coefficient (Wildman–Crippen LogP) is -1.92. The zero-order valence-corrected chi connectivity index (χ0v) is 14.5. The normalized spacial score (nSPS) is 14.4. The molecular formula is C13H17N7O4S. The first-order valence-corrected chi connectivity index (χ1v) is 9.31. The zero-order chi connectivity index (χ0) is 18.2. The molecule has 0 aliphatic carbocycles. The molecule has 1 N–H and O–H groups in total. The summed E-state index contributed by atoms with van der Waals surface area (Å²) in [5, 5.41) is 3.98. The van der Waals surface area contributed by atoms with Gasteiger partial charge >= 0.3 is 0 Å². The van der Waals surface area contributed by atoms with Crippen molar-refractivity contribution >= 4 is 15.9 Å². The maximum Gasteiger partial charge on any atom is 0.293 e. The van der Waals surface area contributed by atoms with E-state index < -0.39 is 10.0 Å². The number of aromatic nitrogens is 5. The number of nitrogens with zero attached hydrogens (tertiary/aromatic N) is 6. The number of nitrogens with one attached hydrogen (secondary N) is 1. The summed E-state index contributed by atoms with van der Waals surface area (Å²) in [6.45, 7) is 0.683. The third kappa shape index (κ3) is 3.91. The molecule has 0 fully saturated rings. The van der Waals surface area contributed by atoms with Gasteiger partial charge in [0.05, 0.1) is 25.0 Å². The number of carbonyl (C=O) groups is 1. The maximum atomic E-state index is 12.4. The Balaban J connectivity index is 1.82. The minimum Gasteiger partial charge on any atom is -0.327 e. The number of hydrogen-bond acceptors (Lipinski definition) is 7. The van der Waals surface area contributed by atoms with Crippen LogP contribution in [0.1, 0.15) is 22.1 Å². The SMILES string of the molecule is Cn1cnc(C(=O)N2CCn3c(nc(CNS(C)(=O)=O)cc3=O)C2)n1. The van der Waals surface area contributed by atoms with E-state index in [1.807, 2.05) is 0 Å². The van der Waals surface area contributed by atoms with E-state index in [0.717, 1.165) is 6.26 Å². The van der Waals surface area contributed by atoms with Gasteiger partial charge in [-0.2, -0.15) is 0 Å². The Bertz CT molecular complexity index is 979. The second-order valence-corrected chi connectivity index (χ2v) is 7.55. The Kier molecular flexibility index (Phi) is 4.39. The van der Waals surface area contributed by atoms with Crippen LogP contribution in [0.25, 0.3) is 0 Å². The molecule has 1 aliphatic heterocycles. The molecule has 25 heavy (non-hydrogen) atoms. The van der Waals surface area contributed by atoms with Gasteiger partial charge in [0.2, 0.25) is 15.8 Å². The number of rotatable bonds is 4. The minimum absolute atomic E-state index is 0.0770.